The maximum Gasteiger partial charge on any atom is 0.338 e. The Kier molecular flexibility index (Phi) is 4.16. The smallest absolute Gasteiger partial charge is 0.338 e. The summed E-state index contributed by atoms with van der Waals surface area (Å²) in [7, 11) is 0. The van der Waals surface area contributed by atoms with Gasteiger partial charge in [0.25, 0.3) is 5.91 Å². The van der Waals surface area contributed by atoms with Crippen molar-refractivity contribution < 1.29 is 14.7 Å². The Balaban J connectivity index is 2.31. The molecular formula is C14H8ClN3O3. The number of amides is 1. The van der Waals surface area contributed by atoms with E-state index in [2.05, 4.69) is 10.3 Å². The van der Waals surface area contributed by atoms with E-state index in [0.29, 0.717) is 5.56 Å². The first kappa shape index (κ1) is 14.5. The van der Waals surface area contributed by atoms with Gasteiger partial charge in [-0.15, -0.1) is 0 Å². The summed E-state index contributed by atoms with van der Waals surface area (Å²) >= 11 is 5.94. The molecule has 21 heavy (non-hydrogen) atoms. The minimum atomic E-state index is -1.25. The Morgan fingerprint density at radius 2 is 2.10 bits per heavy atom. The van der Waals surface area contributed by atoms with Crippen molar-refractivity contribution in [2.24, 2.45) is 0 Å². The van der Waals surface area contributed by atoms with Crippen LogP contribution in [0.5, 0.6) is 0 Å². The Hall–Kier alpha value is -2.91. The van der Waals surface area contributed by atoms with Crippen LogP contribution in [0.4, 0.5) is 5.69 Å². The molecule has 1 heterocycles. The van der Waals surface area contributed by atoms with E-state index in [1.807, 2.05) is 6.07 Å². The molecule has 1 aromatic carbocycles. The van der Waals surface area contributed by atoms with Crippen LogP contribution in [-0.4, -0.2) is 22.0 Å². The zero-order valence-electron chi connectivity index (χ0n) is 10.5. The fourth-order valence-corrected chi connectivity index (χ4v) is 1.85. The number of benzene rings is 1. The number of carboxylic acid groups (broad SMARTS) is 1. The molecule has 6 nitrogen and oxygen atoms in total. The van der Waals surface area contributed by atoms with E-state index < -0.39 is 11.9 Å². The first-order valence-corrected chi connectivity index (χ1v) is 6.10. The number of nitriles is 1. The third-order valence-electron chi connectivity index (χ3n) is 2.60. The third kappa shape index (κ3) is 3.16. The van der Waals surface area contributed by atoms with Crippen LogP contribution in [0.25, 0.3) is 0 Å². The fourth-order valence-electron chi connectivity index (χ4n) is 1.63. The number of halogens is 1. The van der Waals surface area contributed by atoms with Gasteiger partial charge < -0.3 is 10.4 Å². The van der Waals surface area contributed by atoms with E-state index in [1.54, 1.807) is 0 Å². The molecule has 0 unspecified atom stereocenters. The van der Waals surface area contributed by atoms with Gasteiger partial charge >= 0.3 is 5.97 Å². The summed E-state index contributed by atoms with van der Waals surface area (Å²) in [6, 6.07) is 8.97. The van der Waals surface area contributed by atoms with Gasteiger partial charge in [-0.3, -0.25) is 9.78 Å². The van der Waals surface area contributed by atoms with E-state index >= 15 is 0 Å². The summed E-state index contributed by atoms with van der Waals surface area (Å²) in [5.41, 5.74) is 0.190. The van der Waals surface area contributed by atoms with Gasteiger partial charge in [0.05, 0.1) is 27.9 Å². The lowest BCUT2D eigenvalue weighted by molar-refractivity contribution is 0.0691. The summed E-state index contributed by atoms with van der Waals surface area (Å²) in [6.07, 6.45) is 1.32. The lowest BCUT2D eigenvalue weighted by Gasteiger charge is -2.08. The Bertz CT molecular complexity index is 768. The van der Waals surface area contributed by atoms with Crippen LogP contribution < -0.4 is 5.32 Å². The van der Waals surface area contributed by atoms with E-state index in [0.717, 1.165) is 0 Å². The maximum absolute atomic E-state index is 12.1. The summed E-state index contributed by atoms with van der Waals surface area (Å²) < 4.78 is 0. The largest absolute Gasteiger partial charge is 0.478 e. The van der Waals surface area contributed by atoms with Gasteiger partial charge in [0, 0.05) is 6.20 Å². The Morgan fingerprint density at radius 3 is 2.71 bits per heavy atom. The number of carbonyl (C=O) groups excluding carboxylic acids is 1. The summed E-state index contributed by atoms with van der Waals surface area (Å²) in [4.78, 5) is 26.9. The minimum absolute atomic E-state index is 0.176. The van der Waals surface area contributed by atoms with Crippen molar-refractivity contribution in [1.82, 2.24) is 4.98 Å². The molecule has 0 aliphatic carbocycles. The molecule has 0 spiro atoms. The Morgan fingerprint density at radius 1 is 1.33 bits per heavy atom. The van der Waals surface area contributed by atoms with Crippen LogP contribution in [0.15, 0.2) is 36.5 Å². The second kappa shape index (κ2) is 6.03. The molecule has 0 aliphatic heterocycles. The second-order valence-corrected chi connectivity index (χ2v) is 4.37. The van der Waals surface area contributed by atoms with Crippen molar-refractivity contribution in [2.75, 3.05) is 5.32 Å². The van der Waals surface area contributed by atoms with Gasteiger partial charge in [-0.25, -0.2) is 4.79 Å². The lowest BCUT2D eigenvalue weighted by atomic mass is 10.1. The highest BCUT2D eigenvalue weighted by Gasteiger charge is 2.18. The molecule has 104 valence electrons. The number of aromatic carboxylic acids is 1. The molecule has 2 aromatic rings. The molecule has 7 heteroatoms. The summed E-state index contributed by atoms with van der Waals surface area (Å²) in [5, 5.41) is 20.4. The molecule has 0 atom stereocenters. The number of carboxylic acids is 1. The van der Waals surface area contributed by atoms with Crippen molar-refractivity contribution in [3.05, 3.63) is 58.4 Å². The highest BCUT2D eigenvalue weighted by Crippen LogP contribution is 2.23. The SMILES string of the molecule is N#Cc1ccc(NC(=O)c2ncccc2C(=O)O)c(Cl)c1. The van der Waals surface area contributed by atoms with E-state index in [1.165, 1.54) is 36.5 Å². The molecular weight excluding hydrogens is 294 g/mol. The molecule has 2 rings (SSSR count). The number of carbonyl (C=O) groups is 2. The average molecular weight is 302 g/mol. The van der Waals surface area contributed by atoms with E-state index in [-0.39, 0.29) is 22.0 Å². The topological polar surface area (TPSA) is 103 Å². The maximum atomic E-state index is 12.1. The molecule has 0 aliphatic rings. The number of rotatable bonds is 3. The molecule has 2 N–H and O–H groups in total. The predicted octanol–water partition coefficient (Wildman–Crippen LogP) is 2.56. The lowest BCUT2D eigenvalue weighted by Crippen LogP contribution is -2.18. The highest BCUT2D eigenvalue weighted by molar-refractivity contribution is 6.34. The van der Waals surface area contributed by atoms with Gasteiger partial charge in [-0.05, 0) is 30.3 Å². The molecule has 0 radical (unpaired) electrons. The number of nitrogens with zero attached hydrogens (tertiary/aromatic N) is 2. The molecule has 0 bridgehead atoms. The predicted molar refractivity (Wildman–Crippen MR) is 75.3 cm³/mol. The Labute approximate surface area is 124 Å². The number of hydrogen-bond acceptors (Lipinski definition) is 4. The van der Waals surface area contributed by atoms with Crippen molar-refractivity contribution in [3.63, 3.8) is 0 Å². The van der Waals surface area contributed by atoms with Crippen molar-refractivity contribution >= 4 is 29.2 Å². The van der Waals surface area contributed by atoms with Crippen LogP contribution >= 0.6 is 11.6 Å². The van der Waals surface area contributed by atoms with Gasteiger partial charge in [0.2, 0.25) is 0 Å². The van der Waals surface area contributed by atoms with Crippen LogP contribution in [0, 0.1) is 11.3 Å². The molecule has 0 saturated heterocycles. The van der Waals surface area contributed by atoms with Gasteiger partial charge in [-0.2, -0.15) is 5.26 Å². The third-order valence-corrected chi connectivity index (χ3v) is 2.91. The zero-order chi connectivity index (χ0) is 15.4. The molecule has 0 fully saturated rings. The number of aromatic nitrogens is 1. The first-order chi connectivity index (χ1) is 10.0. The zero-order valence-corrected chi connectivity index (χ0v) is 11.3. The standard InChI is InChI=1S/C14H8ClN3O3/c15-10-6-8(7-16)3-4-11(10)18-13(19)12-9(14(20)21)2-1-5-17-12/h1-6H,(H,18,19)(H,20,21). The van der Waals surface area contributed by atoms with E-state index in [4.69, 9.17) is 22.0 Å². The number of nitrogens with one attached hydrogen (secondary N) is 1. The van der Waals surface area contributed by atoms with Crippen molar-refractivity contribution in [2.45, 2.75) is 0 Å². The van der Waals surface area contributed by atoms with Crippen LogP contribution in [-0.2, 0) is 0 Å². The monoisotopic (exact) mass is 301 g/mol. The molecule has 1 amide bonds. The van der Waals surface area contributed by atoms with Crippen LogP contribution in [0.2, 0.25) is 5.02 Å². The highest BCUT2D eigenvalue weighted by atomic mass is 35.5. The summed E-state index contributed by atoms with van der Waals surface area (Å²) in [5.74, 6) is -1.95. The minimum Gasteiger partial charge on any atom is -0.478 e. The van der Waals surface area contributed by atoms with Crippen molar-refractivity contribution in [1.29, 1.82) is 5.26 Å². The fraction of sp³-hybridized carbons (Fsp3) is 0. The van der Waals surface area contributed by atoms with Crippen molar-refractivity contribution in [3.8, 4) is 6.07 Å². The van der Waals surface area contributed by atoms with E-state index in [9.17, 15) is 9.59 Å². The number of pyridine rings is 1. The van der Waals surface area contributed by atoms with Gasteiger partial charge in [0.1, 0.15) is 5.69 Å². The van der Waals surface area contributed by atoms with Gasteiger partial charge in [-0.1, -0.05) is 11.6 Å². The van der Waals surface area contributed by atoms with Crippen LogP contribution in [0.1, 0.15) is 26.4 Å². The number of anilines is 1. The number of hydrogen-bond donors (Lipinski definition) is 2. The molecule has 1 aromatic heterocycles. The first-order valence-electron chi connectivity index (χ1n) is 5.72. The normalized spacial score (nSPS) is 9.71. The summed E-state index contributed by atoms with van der Waals surface area (Å²) in [6.45, 7) is 0. The van der Waals surface area contributed by atoms with Gasteiger partial charge in [0.15, 0.2) is 0 Å². The molecule has 0 saturated carbocycles. The quantitative estimate of drug-likeness (QED) is 0.906. The average Bonchev–Trinajstić information content (AvgIpc) is 2.49. The second-order valence-electron chi connectivity index (χ2n) is 3.97. The van der Waals surface area contributed by atoms with Crippen LogP contribution in [0.3, 0.4) is 0 Å².